The van der Waals surface area contributed by atoms with Gasteiger partial charge in [0, 0.05) is 0 Å². The normalized spacial score (nSPS) is 3.43. The summed E-state index contributed by atoms with van der Waals surface area (Å²) in [5.74, 6) is 0. The zero-order chi connectivity index (χ0) is 3.58. The molecule has 0 saturated carbocycles. The van der Waals surface area contributed by atoms with Gasteiger partial charge in [0.1, 0.15) is 0 Å². The van der Waals surface area contributed by atoms with Gasteiger partial charge in [-0.2, -0.15) is 0 Å². The van der Waals surface area contributed by atoms with Gasteiger partial charge in [0.25, 0.3) is 5.09 Å². The second kappa shape index (κ2) is 15.7. The third-order valence-corrected chi connectivity index (χ3v) is 0. The summed E-state index contributed by atoms with van der Waals surface area (Å²) in [6.07, 6.45) is 0. The Bertz CT molecular complexity index is 42.0. The Morgan fingerprint density at radius 1 is 1.43 bits per heavy atom. The van der Waals surface area contributed by atoms with Crippen LogP contribution in [0.4, 0.5) is 0 Å². The SMILES string of the molecule is O=[N+]([O-])O.[H-].[H-].[H-].[Na+].[Na+].[Na+]. The van der Waals surface area contributed by atoms with E-state index in [9.17, 15) is 0 Å². The van der Waals surface area contributed by atoms with Crippen molar-refractivity contribution in [2.24, 2.45) is 0 Å². The van der Waals surface area contributed by atoms with Gasteiger partial charge in [-0.1, -0.05) is 0 Å². The Morgan fingerprint density at radius 2 is 1.43 bits per heavy atom. The van der Waals surface area contributed by atoms with E-state index < -0.39 is 5.09 Å². The van der Waals surface area contributed by atoms with Gasteiger partial charge in [-0.25, -0.2) is 0 Å². The molecule has 0 heterocycles. The largest absolute Gasteiger partial charge is 1.00 e. The minimum Gasteiger partial charge on any atom is -1.00 e. The van der Waals surface area contributed by atoms with E-state index in [4.69, 9.17) is 15.3 Å². The third kappa shape index (κ3) is 65.1. The first-order valence-electron chi connectivity index (χ1n) is 0.565. The first-order valence-corrected chi connectivity index (χ1v) is 0.565. The maximum atomic E-state index is 8.36. The molecule has 0 spiro atoms. The minimum atomic E-state index is -1.50. The van der Waals surface area contributed by atoms with Crippen LogP contribution in [0.3, 0.4) is 0 Å². The first-order chi connectivity index (χ1) is 1.73. The molecule has 0 atom stereocenters. The van der Waals surface area contributed by atoms with Crippen molar-refractivity contribution in [2.45, 2.75) is 0 Å². The van der Waals surface area contributed by atoms with E-state index in [1.807, 2.05) is 0 Å². The summed E-state index contributed by atoms with van der Waals surface area (Å²) in [6, 6.07) is 0. The Kier molecular flexibility index (Phi) is 51.4. The molecule has 0 saturated heterocycles. The van der Waals surface area contributed by atoms with Crippen LogP contribution < -0.4 is 88.7 Å². The van der Waals surface area contributed by atoms with E-state index in [1.165, 1.54) is 0 Å². The van der Waals surface area contributed by atoms with Crippen molar-refractivity contribution >= 4 is 0 Å². The van der Waals surface area contributed by atoms with Gasteiger partial charge in [0.05, 0.1) is 0 Å². The summed E-state index contributed by atoms with van der Waals surface area (Å²) < 4.78 is 0. The van der Waals surface area contributed by atoms with Gasteiger partial charge in [0.2, 0.25) is 0 Å². The van der Waals surface area contributed by atoms with Crippen LogP contribution in [-0.2, 0) is 0 Å². The number of nitrogens with zero attached hydrogens (tertiary/aromatic N) is 1. The van der Waals surface area contributed by atoms with Gasteiger partial charge < -0.3 is 9.49 Å². The van der Waals surface area contributed by atoms with Crippen LogP contribution in [0.25, 0.3) is 0 Å². The molecule has 0 aliphatic carbocycles. The van der Waals surface area contributed by atoms with Gasteiger partial charge in [-0.3, -0.25) is 0 Å². The van der Waals surface area contributed by atoms with Crippen LogP contribution in [0.2, 0.25) is 0 Å². The third-order valence-electron chi connectivity index (χ3n) is 0. The molecule has 1 N–H and O–H groups in total. The minimum absolute atomic E-state index is 0. The zero-order valence-electron chi connectivity index (χ0n) is 7.71. The number of hydrogen-bond donors (Lipinski definition) is 1. The molecule has 0 amide bonds. The van der Waals surface area contributed by atoms with Crippen molar-refractivity contribution in [3.63, 3.8) is 0 Å². The fraction of sp³-hybridized carbons (Fsp3) is 0. The zero-order valence-corrected chi connectivity index (χ0v) is 10.7. The van der Waals surface area contributed by atoms with Crippen LogP contribution in [0.15, 0.2) is 0 Å². The van der Waals surface area contributed by atoms with Gasteiger partial charge in [0.15, 0.2) is 0 Å². The molecule has 0 aromatic carbocycles. The summed E-state index contributed by atoms with van der Waals surface area (Å²) in [6.45, 7) is 0. The van der Waals surface area contributed by atoms with Gasteiger partial charge in [-0.05, 0) is 0 Å². The van der Waals surface area contributed by atoms with Crippen molar-refractivity contribution < 1.29 is 103 Å². The number of rotatable bonds is 0. The smallest absolute Gasteiger partial charge is 1.00 e. The van der Waals surface area contributed by atoms with E-state index in [1.54, 1.807) is 0 Å². The molecule has 0 aliphatic rings. The fourth-order valence-electron chi connectivity index (χ4n) is 0. The summed E-state index contributed by atoms with van der Waals surface area (Å²) in [5, 5.41) is 13.6. The molecule has 0 aliphatic heterocycles. The molecular weight excluding hydrogens is 131 g/mol. The van der Waals surface area contributed by atoms with Gasteiger partial charge in [-0.15, -0.1) is 10.1 Å². The molecular formula is H4NNa3O3. The Hall–Kier alpha value is 2.20. The van der Waals surface area contributed by atoms with Crippen LogP contribution in [0.5, 0.6) is 0 Å². The van der Waals surface area contributed by atoms with Crippen molar-refractivity contribution in [1.82, 2.24) is 0 Å². The molecule has 0 fully saturated rings. The first kappa shape index (κ1) is 22.9. The Labute approximate surface area is 111 Å². The molecule has 0 unspecified atom stereocenters. The predicted molar refractivity (Wildman–Crippen MR) is 12.1 cm³/mol. The molecule has 30 valence electrons. The second-order valence-corrected chi connectivity index (χ2v) is 0.238. The maximum absolute atomic E-state index is 8.36. The fourth-order valence-corrected chi connectivity index (χ4v) is 0. The van der Waals surface area contributed by atoms with Gasteiger partial charge >= 0.3 is 88.7 Å². The summed E-state index contributed by atoms with van der Waals surface area (Å²) in [7, 11) is 0. The average molecular weight is 135 g/mol. The van der Waals surface area contributed by atoms with Crippen molar-refractivity contribution in [3.05, 3.63) is 10.1 Å². The molecule has 0 aromatic rings. The predicted octanol–water partition coefficient (Wildman–Crippen LogP) is -9.00. The monoisotopic (exact) mass is 135 g/mol. The average Bonchev–Trinajstić information content (AvgIpc) is 0.811. The molecule has 0 radical (unpaired) electrons. The summed E-state index contributed by atoms with van der Waals surface area (Å²) in [5.41, 5.74) is 0. The Balaban J connectivity index is -0.00000000300. The molecule has 4 nitrogen and oxygen atoms in total. The quantitative estimate of drug-likeness (QED) is 0.204. The van der Waals surface area contributed by atoms with Crippen molar-refractivity contribution in [1.29, 1.82) is 0 Å². The molecule has 0 bridgehead atoms. The van der Waals surface area contributed by atoms with Crippen LogP contribution in [0.1, 0.15) is 4.28 Å². The van der Waals surface area contributed by atoms with Crippen LogP contribution >= 0.6 is 0 Å². The molecule has 0 rings (SSSR count). The van der Waals surface area contributed by atoms with Crippen LogP contribution in [0, 0.1) is 10.1 Å². The van der Waals surface area contributed by atoms with E-state index >= 15 is 0 Å². The number of hydrogen-bond acceptors (Lipinski definition) is 2. The second-order valence-electron chi connectivity index (χ2n) is 0.238. The topological polar surface area (TPSA) is 63.4 Å². The van der Waals surface area contributed by atoms with Crippen molar-refractivity contribution in [2.75, 3.05) is 0 Å². The van der Waals surface area contributed by atoms with E-state index in [0.717, 1.165) is 0 Å². The van der Waals surface area contributed by atoms with E-state index in [-0.39, 0.29) is 93.0 Å². The molecule has 7 heteroatoms. The standard InChI is InChI=1S/HNO3.3Na.3H/c2-1(3)4;;;;;;/h(H,2,3,4);;;;;;/q;3*+1;3*-1. The summed E-state index contributed by atoms with van der Waals surface area (Å²) in [4.78, 5) is 8.36. The molecule has 7 heavy (non-hydrogen) atoms. The van der Waals surface area contributed by atoms with Crippen LogP contribution in [-0.4, -0.2) is 10.3 Å². The molecule has 0 aromatic heterocycles. The van der Waals surface area contributed by atoms with E-state index in [0.29, 0.717) is 0 Å². The van der Waals surface area contributed by atoms with E-state index in [2.05, 4.69) is 0 Å². The summed E-state index contributed by atoms with van der Waals surface area (Å²) >= 11 is 0. The Morgan fingerprint density at radius 3 is 1.43 bits per heavy atom. The van der Waals surface area contributed by atoms with Crippen molar-refractivity contribution in [3.8, 4) is 0 Å². The maximum Gasteiger partial charge on any atom is 1.00 e.